The van der Waals surface area contributed by atoms with Gasteiger partial charge >= 0.3 is 0 Å². The molecular weight excluding hydrogens is 256 g/mol. The predicted octanol–water partition coefficient (Wildman–Crippen LogP) is 2.49. The number of nitrogens with two attached hydrogens (primary N) is 1. The molecule has 1 atom stereocenters. The first-order chi connectivity index (χ1) is 9.08. The van der Waals surface area contributed by atoms with Crippen LogP contribution in [0.25, 0.3) is 0 Å². The van der Waals surface area contributed by atoms with Crippen molar-refractivity contribution >= 4 is 23.0 Å². The lowest BCUT2D eigenvalue weighted by molar-refractivity contribution is 0.680. The largest absolute Gasteiger partial charge is 0.382 e. The Morgan fingerprint density at radius 3 is 2.84 bits per heavy atom. The number of hydrogen-bond acceptors (Lipinski definition) is 4. The summed E-state index contributed by atoms with van der Waals surface area (Å²) in [6.45, 7) is 2.17. The van der Waals surface area contributed by atoms with Gasteiger partial charge in [0.1, 0.15) is 17.3 Å². The molecule has 0 bridgehead atoms. The van der Waals surface area contributed by atoms with E-state index in [1.165, 1.54) is 4.88 Å². The van der Waals surface area contributed by atoms with Crippen molar-refractivity contribution in [2.45, 2.75) is 19.4 Å². The Hall–Kier alpha value is -1.88. The highest BCUT2D eigenvalue weighted by Crippen LogP contribution is 2.18. The maximum Gasteiger partial charge on any atom is 0.141 e. The van der Waals surface area contributed by atoms with E-state index in [1.807, 2.05) is 19.2 Å². The van der Waals surface area contributed by atoms with Crippen LogP contribution in [0.2, 0.25) is 0 Å². The van der Waals surface area contributed by atoms with E-state index in [-0.39, 0.29) is 5.84 Å². The molecule has 0 radical (unpaired) electrons. The first kappa shape index (κ1) is 13.5. The summed E-state index contributed by atoms with van der Waals surface area (Å²) < 4.78 is 0. The molecule has 2 rings (SSSR count). The van der Waals surface area contributed by atoms with Gasteiger partial charge in [-0.05, 0) is 30.5 Å². The van der Waals surface area contributed by atoms with E-state index in [9.17, 15) is 0 Å². The number of aromatic nitrogens is 1. The fourth-order valence-electron chi connectivity index (χ4n) is 1.85. The Morgan fingerprint density at radius 1 is 1.42 bits per heavy atom. The van der Waals surface area contributed by atoms with E-state index < -0.39 is 0 Å². The summed E-state index contributed by atoms with van der Waals surface area (Å²) in [6, 6.07) is 10.1. The minimum atomic E-state index is 0.00107. The normalized spacial score (nSPS) is 12.1. The molecule has 3 N–H and O–H groups in total. The topological polar surface area (TPSA) is 66.0 Å². The van der Waals surface area contributed by atoms with Crippen molar-refractivity contribution in [1.82, 2.24) is 4.98 Å². The Labute approximate surface area is 117 Å². The first-order valence-electron chi connectivity index (χ1n) is 6.14. The number of amidine groups is 1. The van der Waals surface area contributed by atoms with Gasteiger partial charge in [-0.25, -0.2) is 4.98 Å². The van der Waals surface area contributed by atoms with Crippen molar-refractivity contribution in [2.75, 3.05) is 11.9 Å². The van der Waals surface area contributed by atoms with Gasteiger partial charge in [0.2, 0.25) is 0 Å². The summed E-state index contributed by atoms with van der Waals surface area (Å²) in [4.78, 5) is 7.88. The maximum absolute atomic E-state index is 7.44. The summed E-state index contributed by atoms with van der Waals surface area (Å²) in [5, 5.41) is 9.53. The number of nitrogens with zero attached hydrogens (tertiary/aromatic N) is 2. The van der Waals surface area contributed by atoms with Crippen molar-refractivity contribution in [3.8, 4) is 0 Å². The van der Waals surface area contributed by atoms with E-state index in [1.54, 1.807) is 17.4 Å². The number of nitrogen functional groups attached to an aromatic ring is 1. The van der Waals surface area contributed by atoms with Crippen LogP contribution < -0.4 is 10.6 Å². The van der Waals surface area contributed by atoms with Crippen molar-refractivity contribution in [3.63, 3.8) is 0 Å². The summed E-state index contributed by atoms with van der Waals surface area (Å²) in [5.41, 5.74) is 5.99. The van der Waals surface area contributed by atoms with Crippen molar-refractivity contribution in [2.24, 2.45) is 5.73 Å². The number of hydrogen-bond donors (Lipinski definition) is 2. The van der Waals surface area contributed by atoms with Gasteiger partial charge in [0.15, 0.2) is 0 Å². The van der Waals surface area contributed by atoms with Crippen LogP contribution in [0.15, 0.2) is 35.7 Å². The quantitative estimate of drug-likeness (QED) is 0.650. The van der Waals surface area contributed by atoms with Crippen LogP contribution in [0.4, 0.5) is 5.82 Å². The van der Waals surface area contributed by atoms with Crippen LogP contribution in [0.3, 0.4) is 0 Å². The molecule has 0 aliphatic carbocycles. The molecule has 0 saturated heterocycles. The molecular formula is C14H18N4S. The highest BCUT2D eigenvalue weighted by molar-refractivity contribution is 7.09. The second kappa shape index (κ2) is 5.84. The molecule has 0 aliphatic heterocycles. The summed E-state index contributed by atoms with van der Waals surface area (Å²) in [5.74, 6) is 0.845. The van der Waals surface area contributed by atoms with Gasteiger partial charge < -0.3 is 10.6 Å². The Balaban J connectivity index is 2.12. The van der Waals surface area contributed by atoms with Crippen LogP contribution in [-0.2, 0) is 6.42 Å². The molecule has 0 saturated carbocycles. The number of likely N-dealkylation sites (N-methyl/N-ethyl adjacent to an activating group) is 1. The van der Waals surface area contributed by atoms with Gasteiger partial charge in [-0.2, -0.15) is 0 Å². The molecule has 100 valence electrons. The molecule has 19 heavy (non-hydrogen) atoms. The second-order valence-electron chi connectivity index (χ2n) is 4.54. The maximum atomic E-state index is 7.44. The van der Waals surface area contributed by atoms with Gasteiger partial charge in [0, 0.05) is 24.4 Å². The van der Waals surface area contributed by atoms with E-state index in [0.29, 0.717) is 11.7 Å². The molecule has 2 aromatic rings. The van der Waals surface area contributed by atoms with Crippen molar-refractivity contribution in [3.05, 3.63) is 46.3 Å². The molecule has 0 fully saturated rings. The van der Waals surface area contributed by atoms with E-state index >= 15 is 0 Å². The van der Waals surface area contributed by atoms with E-state index in [2.05, 4.69) is 34.3 Å². The number of thiophene rings is 1. The third kappa shape index (κ3) is 3.32. The highest BCUT2D eigenvalue weighted by atomic mass is 32.1. The fraction of sp³-hybridized carbons (Fsp3) is 0.286. The summed E-state index contributed by atoms with van der Waals surface area (Å²) in [7, 11) is 2.02. The SMILES string of the molecule is CC(Cc1cccs1)N(C)c1cccc(C(=N)N)n1. The van der Waals surface area contributed by atoms with Crippen molar-refractivity contribution < 1.29 is 0 Å². The monoisotopic (exact) mass is 274 g/mol. The molecule has 4 nitrogen and oxygen atoms in total. The standard InChI is InChI=1S/C14H18N4S/c1-10(9-11-5-4-8-19-11)18(2)13-7-3-6-12(17-13)14(15)16/h3-8,10H,9H2,1-2H3,(H3,15,16). The lowest BCUT2D eigenvalue weighted by atomic mass is 10.2. The van der Waals surface area contributed by atoms with Crippen LogP contribution in [-0.4, -0.2) is 23.9 Å². The molecule has 0 amide bonds. The number of nitrogens with one attached hydrogen (secondary N) is 1. The predicted molar refractivity (Wildman–Crippen MR) is 81.1 cm³/mol. The van der Waals surface area contributed by atoms with Gasteiger partial charge in [0.25, 0.3) is 0 Å². The average Bonchev–Trinajstić information content (AvgIpc) is 2.90. The Kier molecular flexibility index (Phi) is 4.16. The lowest BCUT2D eigenvalue weighted by Crippen LogP contribution is -2.31. The zero-order valence-corrected chi connectivity index (χ0v) is 11.9. The summed E-state index contributed by atoms with van der Waals surface area (Å²) >= 11 is 1.77. The molecule has 1 unspecified atom stereocenters. The first-order valence-corrected chi connectivity index (χ1v) is 7.02. The molecule has 0 aromatic carbocycles. The van der Waals surface area contributed by atoms with Gasteiger partial charge in [-0.15, -0.1) is 11.3 Å². The summed E-state index contributed by atoms with van der Waals surface area (Å²) in [6.07, 6.45) is 0.986. The Bertz CT molecular complexity index is 550. The van der Waals surface area contributed by atoms with Gasteiger partial charge in [-0.1, -0.05) is 12.1 Å². The third-order valence-corrected chi connectivity index (χ3v) is 4.01. The van der Waals surface area contributed by atoms with Gasteiger partial charge in [-0.3, -0.25) is 5.41 Å². The number of rotatable bonds is 5. The van der Waals surface area contributed by atoms with Crippen LogP contribution in [0.5, 0.6) is 0 Å². The highest BCUT2D eigenvalue weighted by Gasteiger charge is 2.13. The molecule has 5 heteroatoms. The minimum absolute atomic E-state index is 0.00107. The molecule has 0 spiro atoms. The van der Waals surface area contributed by atoms with E-state index in [4.69, 9.17) is 11.1 Å². The third-order valence-electron chi connectivity index (χ3n) is 3.11. The van der Waals surface area contributed by atoms with Crippen molar-refractivity contribution in [1.29, 1.82) is 5.41 Å². The molecule has 2 aromatic heterocycles. The minimum Gasteiger partial charge on any atom is -0.382 e. The van der Waals surface area contributed by atoms with Crippen LogP contribution >= 0.6 is 11.3 Å². The zero-order chi connectivity index (χ0) is 13.8. The van der Waals surface area contributed by atoms with Crippen LogP contribution in [0, 0.1) is 5.41 Å². The number of anilines is 1. The Morgan fingerprint density at radius 2 is 2.21 bits per heavy atom. The molecule has 2 heterocycles. The van der Waals surface area contributed by atoms with Crippen LogP contribution in [0.1, 0.15) is 17.5 Å². The fourth-order valence-corrected chi connectivity index (χ4v) is 2.68. The smallest absolute Gasteiger partial charge is 0.141 e. The molecule has 0 aliphatic rings. The second-order valence-corrected chi connectivity index (χ2v) is 5.57. The lowest BCUT2D eigenvalue weighted by Gasteiger charge is -2.26. The van der Waals surface area contributed by atoms with E-state index in [0.717, 1.165) is 12.2 Å². The van der Waals surface area contributed by atoms with Gasteiger partial charge in [0.05, 0.1) is 0 Å². The zero-order valence-electron chi connectivity index (χ0n) is 11.1. The average molecular weight is 274 g/mol. The number of pyridine rings is 1.